The highest BCUT2D eigenvalue weighted by Crippen LogP contribution is 2.12. The molecule has 0 spiro atoms. The fraction of sp³-hybridized carbons (Fsp3) is 0.462. The molecular weight excluding hydrogens is 252 g/mol. The van der Waals surface area contributed by atoms with E-state index in [-0.39, 0.29) is 24.9 Å². The zero-order chi connectivity index (χ0) is 12.5. The molecule has 0 saturated heterocycles. The van der Waals surface area contributed by atoms with Gasteiger partial charge in [-0.1, -0.05) is 19.1 Å². The molecule has 0 unspecified atom stereocenters. The van der Waals surface area contributed by atoms with Crippen molar-refractivity contribution in [1.82, 2.24) is 10.6 Å². The van der Waals surface area contributed by atoms with Crippen molar-refractivity contribution < 1.29 is 9.53 Å². The number of carbonyl (C=O) groups is 1. The lowest BCUT2D eigenvalue weighted by atomic mass is 10.2. The van der Waals surface area contributed by atoms with Crippen LogP contribution in [0, 0.1) is 0 Å². The topological polar surface area (TPSA) is 50.4 Å². The van der Waals surface area contributed by atoms with Crippen molar-refractivity contribution in [2.45, 2.75) is 13.3 Å². The molecule has 5 heteroatoms. The van der Waals surface area contributed by atoms with Crippen molar-refractivity contribution in [2.24, 2.45) is 0 Å². The molecule has 0 aliphatic heterocycles. The Kier molecular flexibility index (Phi) is 9.06. The minimum atomic E-state index is -0.0974. The van der Waals surface area contributed by atoms with E-state index in [4.69, 9.17) is 4.74 Å². The van der Waals surface area contributed by atoms with Gasteiger partial charge in [0.15, 0.2) is 6.61 Å². The summed E-state index contributed by atoms with van der Waals surface area (Å²) < 4.78 is 5.37. The van der Waals surface area contributed by atoms with Gasteiger partial charge in [0.1, 0.15) is 5.75 Å². The van der Waals surface area contributed by atoms with Crippen LogP contribution < -0.4 is 15.4 Å². The van der Waals surface area contributed by atoms with Crippen LogP contribution in [0.4, 0.5) is 0 Å². The highest BCUT2D eigenvalue weighted by Gasteiger charge is 2.01. The number of nitrogens with one attached hydrogen (secondary N) is 2. The maximum atomic E-state index is 11.4. The van der Waals surface area contributed by atoms with Crippen molar-refractivity contribution in [3.63, 3.8) is 0 Å². The van der Waals surface area contributed by atoms with Crippen molar-refractivity contribution in [2.75, 3.05) is 26.7 Å². The highest BCUT2D eigenvalue weighted by molar-refractivity contribution is 5.85. The van der Waals surface area contributed by atoms with Crippen LogP contribution in [0.15, 0.2) is 24.3 Å². The third-order valence-electron chi connectivity index (χ3n) is 2.40. The van der Waals surface area contributed by atoms with Crippen molar-refractivity contribution >= 4 is 18.3 Å². The molecule has 0 heterocycles. The molecule has 4 nitrogen and oxygen atoms in total. The van der Waals surface area contributed by atoms with E-state index in [1.807, 2.05) is 31.3 Å². The first-order valence-corrected chi connectivity index (χ1v) is 5.89. The molecule has 0 saturated carbocycles. The van der Waals surface area contributed by atoms with Gasteiger partial charge in [-0.3, -0.25) is 4.79 Å². The van der Waals surface area contributed by atoms with Crippen LogP contribution in [0.5, 0.6) is 5.75 Å². The Balaban J connectivity index is 0.00000289. The lowest BCUT2D eigenvalue weighted by Crippen LogP contribution is -2.33. The Morgan fingerprint density at radius 2 is 1.89 bits per heavy atom. The van der Waals surface area contributed by atoms with Gasteiger partial charge in [-0.15, -0.1) is 12.4 Å². The number of halogens is 1. The summed E-state index contributed by atoms with van der Waals surface area (Å²) in [5.74, 6) is 0.630. The second-order valence-electron chi connectivity index (χ2n) is 3.74. The van der Waals surface area contributed by atoms with Gasteiger partial charge in [-0.05, 0) is 31.2 Å². The van der Waals surface area contributed by atoms with E-state index >= 15 is 0 Å². The molecule has 2 N–H and O–H groups in total. The second-order valence-corrected chi connectivity index (χ2v) is 3.74. The Bertz CT molecular complexity index is 341. The maximum Gasteiger partial charge on any atom is 0.257 e. The van der Waals surface area contributed by atoms with E-state index in [2.05, 4.69) is 17.6 Å². The van der Waals surface area contributed by atoms with E-state index in [0.717, 1.165) is 18.7 Å². The summed E-state index contributed by atoms with van der Waals surface area (Å²) in [6.07, 6.45) is 1.00. The van der Waals surface area contributed by atoms with Crippen molar-refractivity contribution in [3.8, 4) is 5.75 Å². The van der Waals surface area contributed by atoms with Crippen LogP contribution in [0.1, 0.15) is 12.5 Å². The first-order valence-electron chi connectivity index (χ1n) is 5.89. The first kappa shape index (κ1) is 16.7. The standard InChI is InChI=1S/C13H20N2O2.ClH/c1-3-11-4-6-12(7-5-11)17-10-13(16)15-9-8-14-2;/h4-7,14H,3,8-10H2,1-2H3,(H,15,16);1H. The summed E-state index contributed by atoms with van der Waals surface area (Å²) in [5.41, 5.74) is 1.26. The van der Waals surface area contributed by atoms with Crippen LogP contribution in [-0.2, 0) is 11.2 Å². The highest BCUT2D eigenvalue weighted by atomic mass is 35.5. The lowest BCUT2D eigenvalue weighted by Gasteiger charge is -2.07. The van der Waals surface area contributed by atoms with Crippen LogP contribution >= 0.6 is 12.4 Å². The van der Waals surface area contributed by atoms with E-state index in [0.29, 0.717) is 6.54 Å². The number of hydrogen-bond acceptors (Lipinski definition) is 3. The largest absolute Gasteiger partial charge is 0.484 e. The summed E-state index contributed by atoms with van der Waals surface area (Å²) in [5, 5.41) is 5.70. The van der Waals surface area contributed by atoms with Crippen LogP contribution in [0.3, 0.4) is 0 Å². The van der Waals surface area contributed by atoms with Crippen LogP contribution in [0.2, 0.25) is 0 Å². The smallest absolute Gasteiger partial charge is 0.257 e. The maximum absolute atomic E-state index is 11.4. The van der Waals surface area contributed by atoms with Gasteiger partial charge in [0.25, 0.3) is 5.91 Å². The number of carbonyl (C=O) groups excluding carboxylic acids is 1. The fourth-order valence-corrected chi connectivity index (χ4v) is 1.35. The Morgan fingerprint density at radius 1 is 1.22 bits per heavy atom. The molecule has 0 aromatic heterocycles. The molecule has 0 atom stereocenters. The predicted molar refractivity (Wildman–Crippen MR) is 75.5 cm³/mol. The zero-order valence-corrected chi connectivity index (χ0v) is 11.7. The number of ether oxygens (including phenoxy) is 1. The number of amides is 1. The molecule has 1 rings (SSSR count). The molecule has 1 aromatic carbocycles. The van der Waals surface area contributed by atoms with E-state index in [1.165, 1.54) is 5.56 Å². The molecule has 1 amide bonds. The fourth-order valence-electron chi connectivity index (χ4n) is 1.35. The quantitative estimate of drug-likeness (QED) is 0.738. The van der Waals surface area contributed by atoms with Crippen molar-refractivity contribution in [1.29, 1.82) is 0 Å². The third kappa shape index (κ3) is 6.47. The minimum Gasteiger partial charge on any atom is -0.484 e. The molecule has 0 bridgehead atoms. The normalized spacial score (nSPS) is 9.44. The molecule has 18 heavy (non-hydrogen) atoms. The average Bonchev–Trinajstić information content (AvgIpc) is 2.37. The second kappa shape index (κ2) is 9.74. The lowest BCUT2D eigenvalue weighted by molar-refractivity contribution is -0.123. The van der Waals surface area contributed by atoms with Crippen molar-refractivity contribution in [3.05, 3.63) is 29.8 Å². The summed E-state index contributed by atoms with van der Waals surface area (Å²) in [6, 6.07) is 7.79. The summed E-state index contributed by atoms with van der Waals surface area (Å²) in [7, 11) is 1.85. The van der Waals surface area contributed by atoms with E-state index < -0.39 is 0 Å². The number of rotatable bonds is 7. The summed E-state index contributed by atoms with van der Waals surface area (Å²) in [6.45, 7) is 3.55. The monoisotopic (exact) mass is 272 g/mol. The van der Waals surface area contributed by atoms with Crippen LogP contribution in [0.25, 0.3) is 0 Å². The Labute approximate surface area is 115 Å². The Morgan fingerprint density at radius 3 is 2.44 bits per heavy atom. The van der Waals surface area contributed by atoms with E-state index in [9.17, 15) is 4.79 Å². The number of likely N-dealkylation sites (N-methyl/N-ethyl adjacent to an activating group) is 1. The van der Waals surface area contributed by atoms with Gasteiger partial charge in [0, 0.05) is 13.1 Å². The molecule has 0 aliphatic rings. The van der Waals surface area contributed by atoms with Gasteiger partial charge in [-0.2, -0.15) is 0 Å². The minimum absolute atomic E-state index is 0. The van der Waals surface area contributed by atoms with Gasteiger partial charge >= 0.3 is 0 Å². The van der Waals surface area contributed by atoms with Crippen LogP contribution in [-0.4, -0.2) is 32.7 Å². The summed E-state index contributed by atoms with van der Waals surface area (Å²) >= 11 is 0. The third-order valence-corrected chi connectivity index (χ3v) is 2.40. The number of hydrogen-bond donors (Lipinski definition) is 2. The first-order chi connectivity index (χ1) is 8.26. The van der Waals surface area contributed by atoms with Gasteiger partial charge in [0.05, 0.1) is 0 Å². The molecule has 0 fully saturated rings. The predicted octanol–water partition coefficient (Wildman–Crippen LogP) is 1.39. The van der Waals surface area contributed by atoms with Gasteiger partial charge < -0.3 is 15.4 Å². The molecule has 0 aliphatic carbocycles. The molecular formula is C13H21ClN2O2. The average molecular weight is 273 g/mol. The van der Waals surface area contributed by atoms with E-state index in [1.54, 1.807) is 0 Å². The molecule has 0 radical (unpaired) electrons. The zero-order valence-electron chi connectivity index (χ0n) is 10.9. The molecule has 1 aromatic rings. The van der Waals surface area contributed by atoms with Gasteiger partial charge in [0.2, 0.25) is 0 Å². The molecule has 102 valence electrons. The Hall–Kier alpha value is -1.26. The van der Waals surface area contributed by atoms with Gasteiger partial charge in [-0.25, -0.2) is 0 Å². The number of benzene rings is 1. The summed E-state index contributed by atoms with van der Waals surface area (Å²) in [4.78, 5) is 11.4. The SMILES string of the molecule is CCc1ccc(OCC(=O)NCCNC)cc1.Cl. The number of aryl methyl sites for hydroxylation is 1.